The third kappa shape index (κ3) is 5.68. The fourth-order valence-electron chi connectivity index (χ4n) is 2.90. The van der Waals surface area contributed by atoms with E-state index in [0.29, 0.717) is 11.3 Å². The molecular weight excluding hydrogens is 374 g/mol. The van der Waals surface area contributed by atoms with Crippen molar-refractivity contribution in [3.63, 3.8) is 0 Å². The first-order chi connectivity index (χ1) is 13.5. The first kappa shape index (κ1) is 20.1. The van der Waals surface area contributed by atoms with Crippen LogP contribution in [0.2, 0.25) is 0 Å². The van der Waals surface area contributed by atoms with Crippen molar-refractivity contribution in [3.8, 4) is 5.75 Å². The highest BCUT2D eigenvalue weighted by Gasteiger charge is 2.12. The van der Waals surface area contributed by atoms with Gasteiger partial charge in [0.2, 0.25) is 0 Å². The van der Waals surface area contributed by atoms with Crippen molar-refractivity contribution in [3.05, 3.63) is 54.1 Å². The Balaban J connectivity index is 1.55. The lowest BCUT2D eigenvalue weighted by molar-refractivity contribution is 0.0977. The van der Waals surface area contributed by atoms with Gasteiger partial charge in [-0.3, -0.25) is 10.1 Å². The van der Waals surface area contributed by atoms with E-state index in [9.17, 15) is 4.79 Å². The van der Waals surface area contributed by atoms with Crippen LogP contribution in [-0.2, 0) is 4.74 Å². The lowest BCUT2D eigenvalue weighted by atomic mass is 10.2. The molecule has 1 saturated heterocycles. The van der Waals surface area contributed by atoms with E-state index in [4.69, 9.17) is 21.7 Å². The minimum absolute atomic E-state index is 0.0430. The molecule has 3 rings (SSSR count). The van der Waals surface area contributed by atoms with E-state index in [-0.39, 0.29) is 17.1 Å². The summed E-state index contributed by atoms with van der Waals surface area (Å²) in [5, 5.41) is 6.00. The molecule has 6 nitrogen and oxygen atoms in total. The summed E-state index contributed by atoms with van der Waals surface area (Å²) in [6.07, 6.45) is 0.0430. The van der Waals surface area contributed by atoms with Gasteiger partial charge in [-0.15, -0.1) is 0 Å². The smallest absolute Gasteiger partial charge is 0.257 e. The lowest BCUT2D eigenvalue weighted by Gasteiger charge is -2.28. The Morgan fingerprint density at radius 1 is 1.14 bits per heavy atom. The average molecular weight is 400 g/mol. The van der Waals surface area contributed by atoms with Crippen molar-refractivity contribution in [2.45, 2.75) is 20.0 Å². The normalized spacial score (nSPS) is 13.9. The standard InChI is InChI=1S/C21H25N3O3S/c1-15(2)27-19-5-3-4-16(14-19)20(25)23-21(28)22-17-6-8-18(9-7-17)24-10-12-26-13-11-24/h3-9,14-15H,10-13H2,1-2H3,(H2,22,23,25,28). The zero-order valence-electron chi connectivity index (χ0n) is 16.1. The second kappa shape index (κ2) is 9.52. The highest BCUT2D eigenvalue weighted by atomic mass is 32.1. The van der Waals surface area contributed by atoms with Crippen LogP contribution in [-0.4, -0.2) is 43.4 Å². The maximum Gasteiger partial charge on any atom is 0.257 e. The summed E-state index contributed by atoms with van der Waals surface area (Å²) in [7, 11) is 0. The molecule has 28 heavy (non-hydrogen) atoms. The van der Waals surface area contributed by atoms with E-state index in [1.165, 1.54) is 0 Å². The fourth-order valence-corrected chi connectivity index (χ4v) is 3.11. The van der Waals surface area contributed by atoms with Crippen LogP contribution in [0.25, 0.3) is 0 Å². The van der Waals surface area contributed by atoms with Crippen molar-refractivity contribution in [2.24, 2.45) is 0 Å². The molecule has 0 radical (unpaired) electrons. The molecule has 0 aliphatic carbocycles. The molecule has 0 bridgehead atoms. The maximum atomic E-state index is 12.4. The summed E-state index contributed by atoms with van der Waals surface area (Å²) in [6, 6.07) is 15.0. The van der Waals surface area contributed by atoms with E-state index >= 15 is 0 Å². The molecule has 7 heteroatoms. The van der Waals surface area contributed by atoms with Gasteiger partial charge >= 0.3 is 0 Å². The number of nitrogens with zero attached hydrogens (tertiary/aromatic N) is 1. The van der Waals surface area contributed by atoms with Crippen molar-refractivity contribution >= 4 is 34.6 Å². The number of thiocarbonyl (C=S) groups is 1. The molecule has 0 saturated carbocycles. The second-order valence-electron chi connectivity index (χ2n) is 6.75. The summed E-state index contributed by atoms with van der Waals surface area (Å²) in [5.74, 6) is 0.372. The zero-order chi connectivity index (χ0) is 19.9. The van der Waals surface area contributed by atoms with E-state index < -0.39 is 0 Å². The van der Waals surface area contributed by atoms with Crippen molar-refractivity contribution in [1.29, 1.82) is 0 Å². The number of carbonyl (C=O) groups is 1. The van der Waals surface area contributed by atoms with Gasteiger partial charge in [0.1, 0.15) is 5.75 Å². The molecule has 2 aromatic rings. The molecule has 2 aromatic carbocycles. The summed E-state index contributed by atoms with van der Waals surface area (Å²) in [5.41, 5.74) is 2.45. The van der Waals surface area contributed by atoms with Gasteiger partial charge in [0.15, 0.2) is 5.11 Å². The van der Waals surface area contributed by atoms with Gasteiger partial charge in [-0.25, -0.2) is 0 Å². The molecule has 0 atom stereocenters. The first-order valence-corrected chi connectivity index (χ1v) is 9.74. The first-order valence-electron chi connectivity index (χ1n) is 9.33. The molecule has 1 heterocycles. The summed E-state index contributed by atoms with van der Waals surface area (Å²) in [4.78, 5) is 14.7. The number of morpholine rings is 1. The van der Waals surface area contributed by atoms with Gasteiger partial charge < -0.3 is 19.7 Å². The zero-order valence-corrected chi connectivity index (χ0v) is 16.9. The Hall–Kier alpha value is -2.64. The molecule has 1 amide bonds. The third-order valence-electron chi connectivity index (χ3n) is 4.20. The minimum atomic E-state index is -0.281. The highest BCUT2D eigenvalue weighted by molar-refractivity contribution is 7.80. The number of nitrogens with one attached hydrogen (secondary N) is 2. The fraction of sp³-hybridized carbons (Fsp3) is 0.333. The second-order valence-corrected chi connectivity index (χ2v) is 7.16. The van der Waals surface area contributed by atoms with Crippen LogP contribution in [0.1, 0.15) is 24.2 Å². The number of amides is 1. The average Bonchev–Trinajstić information content (AvgIpc) is 2.69. The molecule has 148 valence electrons. The Bertz CT molecular complexity index is 818. The lowest BCUT2D eigenvalue weighted by Crippen LogP contribution is -2.36. The Morgan fingerprint density at radius 2 is 1.86 bits per heavy atom. The summed E-state index contributed by atoms with van der Waals surface area (Å²) < 4.78 is 11.0. The molecule has 0 aromatic heterocycles. The van der Waals surface area contributed by atoms with Crippen LogP contribution in [0.4, 0.5) is 11.4 Å². The number of rotatable bonds is 5. The van der Waals surface area contributed by atoms with Crippen molar-refractivity contribution in [1.82, 2.24) is 5.32 Å². The number of hydrogen-bond acceptors (Lipinski definition) is 5. The van der Waals surface area contributed by atoms with Gasteiger partial charge in [0.25, 0.3) is 5.91 Å². The minimum Gasteiger partial charge on any atom is -0.491 e. The number of hydrogen-bond donors (Lipinski definition) is 2. The number of ether oxygens (including phenoxy) is 2. The van der Waals surface area contributed by atoms with Crippen LogP contribution in [0.3, 0.4) is 0 Å². The van der Waals surface area contributed by atoms with E-state index in [0.717, 1.165) is 37.7 Å². The van der Waals surface area contributed by atoms with Gasteiger partial charge in [0, 0.05) is 30.0 Å². The summed E-state index contributed by atoms with van der Waals surface area (Å²) in [6.45, 7) is 7.16. The molecule has 1 aliphatic heterocycles. The third-order valence-corrected chi connectivity index (χ3v) is 4.40. The van der Waals surface area contributed by atoms with Gasteiger partial charge in [-0.1, -0.05) is 6.07 Å². The van der Waals surface area contributed by atoms with E-state index in [1.807, 2.05) is 44.2 Å². The SMILES string of the molecule is CC(C)Oc1cccc(C(=O)NC(=S)Nc2ccc(N3CCOCC3)cc2)c1. The van der Waals surface area contributed by atoms with Crippen LogP contribution in [0, 0.1) is 0 Å². The van der Waals surface area contributed by atoms with E-state index in [2.05, 4.69) is 15.5 Å². The largest absolute Gasteiger partial charge is 0.491 e. The monoisotopic (exact) mass is 399 g/mol. The van der Waals surface area contributed by atoms with Crippen molar-refractivity contribution in [2.75, 3.05) is 36.5 Å². The van der Waals surface area contributed by atoms with E-state index in [1.54, 1.807) is 18.2 Å². The van der Waals surface area contributed by atoms with Gasteiger partial charge in [-0.05, 0) is 68.5 Å². The van der Waals surface area contributed by atoms with Crippen LogP contribution in [0.15, 0.2) is 48.5 Å². The predicted octanol–water partition coefficient (Wildman–Crippen LogP) is 3.44. The quantitative estimate of drug-likeness (QED) is 0.751. The van der Waals surface area contributed by atoms with Crippen LogP contribution < -0.4 is 20.3 Å². The van der Waals surface area contributed by atoms with Gasteiger partial charge in [0.05, 0.1) is 19.3 Å². The highest BCUT2D eigenvalue weighted by Crippen LogP contribution is 2.19. The topological polar surface area (TPSA) is 62.8 Å². The molecule has 1 aliphatic rings. The van der Waals surface area contributed by atoms with Crippen LogP contribution in [0.5, 0.6) is 5.75 Å². The Labute approximate surface area is 170 Å². The van der Waals surface area contributed by atoms with Crippen molar-refractivity contribution < 1.29 is 14.3 Å². The molecule has 1 fully saturated rings. The maximum absolute atomic E-state index is 12.4. The van der Waals surface area contributed by atoms with Gasteiger partial charge in [-0.2, -0.15) is 0 Å². The number of benzene rings is 2. The predicted molar refractivity (Wildman–Crippen MR) is 115 cm³/mol. The summed E-state index contributed by atoms with van der Waals surface area (Å²) >= 11 is 5.27. The number of carbonyl (C=O) groups excluding carboxylic acids is 1. The molecular formula is C21H25N3O3S. The van der Waals surface area contributed by atoms with Crippen LogP contribution >= 0.6 is 12.2 Å². The Morgan fingerprint density at radius 3 is 2.54 bits per heavy atom. The molecule has 2 N–H and O–H groups in total. The molecule has 0 unspecified atom stereocenters. The molecule has 0 spiro atoms. The Kier molecular flexibility index (Phi) is 6.84. The number of anilines is 2.